The van der Waals surface area contributed by atoms with Crippen molar-refractivity contribution in [3.05, 3.63) is 118 Å². The Bertz CT molecular complexity index is 1170. The first kappa shape index (κ1) is 24.6. The van der Waals surface area contributed by atoms with Crippen LogP contribution < -0.4 is 0 Å². The number of hydrogen-bond donors (Lipinski definition) is 0. The topological polar surface area (TPSA) is 57.2 Å². The van der Waals surface area contributed by atoms with Crippen LogP contribution in [0.3, 0.4) is 0 Å². The van der Waals surface area contributed by atoms with Gasteiger partial charge in [-0.2, -0.15) is 0 Å². The Morgan fingerprint density at radius 2 is 0.906 bits per heavy atom. The van der Waals surface area contributed by atoms with Gasteiger partial charge in [-0.15, -0.1) is 0 Å². The maximum absolute atomic E-state index is 10.6. The lowest BCUT2D eigenvalue weighted by Gasteiger charge is -2.09. The van der Waals surface area contributed by atoms with Gasteiger partial charge in [0.05, 0.1) is 30.9 Å². The number of rotatable bonds is 4. The molecule has 4 aromatic carbocycles. The fourth-order valence-corrected chi connectivity index (χ4v) is 6.33. The molecule has 0 aliphatic heterocycles. The molecule has 4 rings (SSSR count). The van der Waals surface area contributed by atoms with Gasteiger partial charge in [0.2, 0.25) is 0 Å². The van der Waals surface area contributed by atoms with Gasteiger partial charge in [-0.05, 0) is 48.5 Å². The van der Waals surface area contributed by atoms with E-state index in [1.54, 1.807) is 0 Å². The molecule has 0 radical (unpaired) electrons. The minimum absolute atomic E-state index is 0.0146. The van der Waals surface area contributed by atoms with Crippen molar-refractivity contribution in [2.75, 3.05) is 0 Å². The smallest absolute Gasteiger partial charge is 0.166 e. The van der Waals surface area contributed by atoms with Gasteiger partial charge in [-0.1, -0.05) is 89.4 Å². The highest BCUT2D eigenvalue weighted by Gasteiger charge is 2.27. The molecular weight excluding hydrogens is 507 g/mol. The molecule has 8 heteroatoms. The second kappa shape index (κ2) is 11.2. The predicted octanol–water partition coefficient (Wildman–Crippen LogP) is 7.33. The van der Waals surface area contributed by atoms with Crippen LogP contribution in [0.15, 0.2) is 123 Å². The molecule has 0 aromatic heterocycles. The molecule has 32 heavy (non-hydrogen) atoms. The van der Waals surface area contributed by atoms with Gasteiger partial charge in [-0.25, -0.2) is 8.42 Å². The second-order valence-corrected chi connectivity index (χ2v) is 11.0. The zero-order chi connectivity index (χ0) is 23.1. The van der Waals surface area contributed by atoms with Crippen molar-refractivity contribution in [1.82, 2.24) is 0 Å². The largest absolute Gasteiger partial charge is 0.744 e. The van der Waals surface area contributed by atoms with Gasteiger partial charge >= 0.3 is 0 Å². The van der Waals surface area contributed by atoms with Crippen molar-refractivity contribution in [2.45, 2.75) is 19.6 Å². The Morgan fingerprint density at radius 3 is 1.25 bits per heavy atom. The highest BCUT2D eigenvalue weighted by molar-refractivity contribution is 7.97. The maximum atomic E-state index is 10.6. The standard InChI is InChI=1S/C18H15S.C6H3Cl3O3S/c1-4-10-16(11-5-1)19(17-12-6-2-7-13-17)18-14-8-3-9-15-18;7-3-1-5(9)6(2-4(3)8)13(10,11)12/h1-15H;1-2H,(H,10,11,12)/q+1;/p-1. The summed E-state index contributed by atoms with van der Waals surface area (Å²) in [5, 5.41) is -0.163. The highest BCUT2D eigenvalue weighted by atomic mass is 35.5. The van der Waals surface area contributed by atoms with E-state index in [1.807, 2.05) is 0 Å². The first-order chi connectivity index (χ1) is 15.3. The summed E-state index contributed by atoms with van der Waals surface area (Å²) in [5.41, 5.74) is 0. The molecule has 0 saturated carbocycles. The highest BCUT2D eigenvalue weighted by Crippen LogP contribution is 2.32. The molecule has 0 spiro atoms. The van der Waals surface area contributed by atoms with E-state index in [-0.39, 0.29) is 26.0 Å². The Labute approximate surface area is 205 Å². The van der Waals surface area contributed by atoms with Crippen molar-refractivity contribution in [3.8, 4) is 0 Å². The monoisotopic (exact) mass is 522 g/mol. The molecule has 0 saturated heterocycles. The van der Waals surface area contributed by atoms with Crippen LogP contribution >= 0.6 is 34.8 Å². The first-order valence-corrected chi connectivity index (χ1v) is 13.0. The third-order valence-corrected chi connectivity index (χ3v) is 8.43. The fraction of sp³-hybridized carbons (Fsp3) is 0. The van der Waals surface area contributed by atoms with E-state index < -0.39 is 15.0 Å². The third-order valence-electron chi connectivity index (χ3n) is 4.18. The van der Waals surface area contributed by atoms with Crippen LogP contribution in [-0.4, -0.2) is 13.0 Å². The van der Waals surface area contributed by atoms with E-state index in [1.165, 1.54) is 14.7 Å². The predicted molar refractivity (Wildman–Crippen MR) is 131 cm³/mol. The zero-order valence-electron chi connectivity index (χ0n) is 16.5. The molecule has 0 aliphatic carbocycles. The Kier molecular flexibility index (Phi) is 8.65. The number of hydrogen-bond acceptors (Lipinski definition) is 3. The van der Waals surface area contributed by atoms with Gasteiger partial charge < -0.3 is 4.55 Å². The summed E-state index contributed by atoms with van der Waals surface area (Å²) in [6.45, 7) is 0. The summed E-state index contributed by atoms with van der Waals surface area (Å²) in [7, 11) is -4.61. The third kappa shape index (κ3) is 6.51. The molecule has 3 nitrogen and oxygen atoms in total. The van der Waals surface area contributed by atoms with E-state index in [0.717, 1.165) is 12.1 Å². The zero-order valence-corrected chi connectivity index (χ0v) is 20.4. The molecule has 0 bridgehead atoms. The minimum atomic E-state index is -4.60. The van der Waals surface area contributed by atoms with Crippen LogP contribution in [-0.2, 0) is 21.0 Å². The van der Waals surface area contributed by atoms with E-state index in [2.05, 4.69) is 91.0 Å². The molecule has 164 valence electrons. The molecule has 0 atom stereocenters. The lowest BCUT2D eigenvalue weighted by molar-refractivity contribution is 0.463. The van der Waals surface area contributed by atoms with Gasteiger partial charge in [0, 0.05) is 0 Å². The van der Waals surface area contributed by atoms with Gasteiger partial charge in [0.1, 0.15) is 10.1 Å². The van der Waals surface area contributed by atoms with Crippen LogP contribution in [0.25, 0.3) is 0 Å². The number of halogens is 3. The quantitative estimate of drug-likeness (QED) is 0.160. The Morgan fingerprint density at radius 1 is 0.562 bits per heavy atom. The van der Waals surface area contributed by atoms with Crippen molar-refractivity contribution < 1.29 is 13.0 Å². The molecule has 0 amide bonds. The van der Waals surface area contributed by atoms with E-state index >= 15 is 0 Å². The molecule has 0 aliphatic rings. The van der Waals surface area contributed by atoms with Gasteiger partial charge in [-0.3, -0.25) is 0 Å². The molecule has 0 N–H and O–H groups in total. The van der Waals surface area contributed by atoms with Crippen molar-refractivity contribution >= 4 is 55.8 Å². The van der Waals surface area contributed by atoms with E-state index in [9.17, 15) is 13.0 Å². The van der Waals surface area contributed by atoms with Crippen LogP contribution in [0.4, 0.5) is 0 Å². The second-order valence-electron chi connectivity index (χ2n) is 6.40. The lowest BCUT2D eigenvalue weighted by Crippen LogP contribution is -2.04. The van der Waals surface area contributed by atoms with E-state index in [0.29, 0.717) is 0 Å². The Balaban J connectivity index is 0.000000195. The van der Waals surface area contributed by atoms with Crippen molar-refractivity contribution in [1.29, 1.82) is 0 Å². The molecule has 0 fully saturated rings. The summed E-state index contributed by atoms with van der Waals surface area (Å²) in [6, 6.07) is 34.2. The molecular formula is C24H17Cl3O3S2. The Hall–Kier alpha value is -1.99. The van der Waals surface area contributed by atoms with Crippen molar-refractivity contribution in [3.63, 3.8) is 0 Å². The number of benzene rings is 4. The lowest BCUT2D eigenvalue weighted by atomic mass is 10.4. The summed E-state index contributed by atoms with van der Waals surface area (Å²) in [6.07, 6.45) is 0. The first-order valence-electron chi connectivity index (χ1n) is 9.27. The maximum Gasteiger partial charge on any atom is 0.166 e. The van der Waals surface area contributed by atoms with Gasteiger partial charge in [0.25, 0.3) is 0 Å². The average molecular weight is 524 g/mol. The summed E-state index contributed by atoms with van der Waals surface area (Å²) in [4.78, 5) is 3.52. The molecule has 0 heterocycles. The van der Waals surface area contributed by atoms with Crippen LogP contribution in [0.1, 0.15) is 0 Å². The molecule has 0 unspecified atom stereocenters. The fourth-order valence-electron chi connectivity index (χ4n) is 2.77. The average Bonchev–Trinajstić information content (AvgIpc) is 2.78. The summed E-state index contributed by atoms with van der Waals surface area (Å²) >= 11 is 16.5. The minimum Gasteiger partial charge on any atom is -0.744 e. The normalized spacial score (nSPS) is 11.0. The van der Waals surface area contributed by atoms with Crippen LogP contribution in [0.2, 0.25) is 15.1 Å². The summed E-state index contributed by atoms with van der Waals surface area (Å²) < 4.78 is 31.7. The van der Waals surface area contributed by atoms with E-state index in [4.69, 9.17) is 34.8 Å². The van der Waals surface area contributed by atoms with Gasteiger partial charge in [0.15, 0.2) is 14.7 Å². The SMILES string of the molecule is O=S(=O)([O-])c1cc(Cl)c(Cl)cc1Cl.c1ccc([S+](c2ccccc2)c2ccccc2)cc1. The van der Waals surface area contributed by atoms with Crippen LogP contribution in [0.5, 0.6) is 0 Å². The summed E-state index contributed by atoms with van der Waals surface area (Å²) in [5.74, 6) is 0. The van der Waals surface area contributed by atoms with Crippen LogP contribution in [0, 0.1) is 0 Å². The molecule has 4 aromatic rings. The van der Waals surface area contributed by atoms with Crippen molar-refractivity contribution in [2.24, 2.45) is 0 Å².